The van der Waals surface area contributed by atoms with Gasteiger partial charge in [-0.2, -0.15) is 20.2 Å². The van der Waals surface area contributed by atoms with Crippen LogP contribution in [0, 0.1) is 17.1 Å². The zero-order valence-corrected chi connectivity index (χ0v) is 24.7. The van der Waals surface area contributed by atoms with E-state index in [-0.39, 0.29) is 64.2 Å². The summed E-state index contributed by atoms with van der Waals surface area (Å²) in [6.45, 7) is 6.38. The number of alkyl halides is 1. The van der Waals surface area contributed by atoms with E-state index in [4.69, 9.17) is 30.9 Å². The number of rotatable bonds is 9. The van der Waals surface area contributed by atoms with Gasteiger partial charge in [0, 0.05) is 35.6 Å². The monoisotopic (exact) mass is 601 g/mol. The molecule has 0 spiro atoms. The second kappa shape index (κ2) is 12.5. The molecular formula is C29H34ClF2N7O3. The van der Waals surface area contributed by atoms with Crippen molar-refractivity contribution in [3.05, 3.63) is 46.6 Å². The van der Waals surface area contributed by atoms with Gasteiger partial charge in [0.05, 0.1) is 24.0 Å². The highest BCUT2D eigenvalue weighted by molar-refractivity contribution is 6.31. The summed E-state index contributed by atoms with van der Waals surface area (Å²) in [6.07, 6.45) is 0.601. The first-order valence-corrected chi connectivity index (χ1v) is 14.4. The first-order chi connectivity index (χ1) is 20.0. The van der Waals surface area contributed by atoms with Crippen LogP contribution in [0.3, 0.4) is 0 Å². The van der Waals surface area contributed by atoms with E-state index in [9.17, 15) is 8.78 Å². The molecule has 1 aromatic carbocycles. The van der Waals surface area contributed by atoms with Gasteiger partial charge in [0.25, 0.3) is 0 Å². The third-order valence-electron chi connectivity index (χ3n) is 7.90. The third kappa shape index (κ3) is 6.48. The largest absolute Gasteiger partial charge is 0.474 e. The van der Waals surface area contributed by atoms with Gasteiger partial charge in [0.15, 0.2) is 0 Å². The smallest absolute Gasteiger partial charge is 0.240 e. The number of benzene rings is 1. The van der Waals surface area contributed by atoms with Crippen LogP contribution in [0.25, 0.3) is 11.6 Å². The molecule has 42 heavy (non-hydrogen) atoms. The number of likely N-dealkylation sites (N-methyl/N-ethyl adjacent to an activating group) is 1. The summed E-state index contributed by atoms with van der Waals surface area (Å²) in [5.41, 5.74) is -0.835. The summed E-state index contributed by atoms with van der Waals surface area (Å²) in [5, 5.41) is 16.8. The zero-order chi connectivity index (χ0) is 30.0. The fourth-order valence-corrected chi connectivity index (χ4v) is 6.09. The number of aromatic nitrogens is 4. The maximum Gasteiger partial charge on any atom is 0.240 e. The lowest BCUT2D eigenvalue weighted by atomic mass is 9.84. The number of likely N-dealkylation sites (tertiary alicyclic amines) is 1. The molecule has 13 heteroatoms. The first kappa shape index (κ1) is 30.1. The van der Waals surface area contributed by atoms with E-state index in [1.54, 1.807) is 26.0 Å². The molecule has 2 aliphatic heterocycles. The standard InChI is InChI=1S/C29H34ClF2N7O3/c1-16(22-12-17(31)15-39(22)4)40-23-14-24(41-19-9-11-34-18(13-19)8-10-33)36-26(35-23)27-37-28(42-38-27)29(2,3)25-20(30)6-5-7-21(25)32/h5-7,14,16-19,22,34H,8-9,11-13,15H2,1-4H3/t16-,17-,18+,19-,22-/m0/s1. The number of nitrogens with one attached hydrogen (secondary N) is 1. The Morgan fingerprint density at radius 1 is 1.24 bits per heavy atom. The van der Waals surface area contributed by atoms with Crippen molar-refractivity contribution >= 4 is 11.6 Å². The molecule has 0 bridgehead atoms. The van der Waals surface area contributed by atoms with Crippen LogP contribution in [0.15, 0.2) is 28.8 Å². The summed E-state index contributed by atoms with van der Waals surface area (Å²) >= 11 is 6.34. The minimum atomic E-state index is -1.06. The van der Waals surface area contributed by atoms with Crippen molar-refractivity contribution in [2.75, 3.05) is 20.1 Å². The van der Waals surface area contributed by atoms with E-state index in [1.165, 1.54) is 12.1 Å². The Morgan fingerprint density at radius 3 is 2.74 bits per heavy atom. The molecule has 0 amide bonds. The van der Waals surface area contributed by atoms with Crippen molar-refractivity contribution < 1.29 is 22.8 Å². The lowest BCUT2D eigenvalue weighted by Crippen LogP contribution is -2.42. The number of nitriles is 1. The molecule has 5 atom stereocenters. The third-order valence-corrected chi connectivity index (χ3v) is 8.21. The SMILES string of the molecule is C[C@H](Oc1cc(O[C@H]2CCN[C@H](CC#N)C2)nc(-c2noc(C(C)(C)c3c(F)cccc3Cl)n2)n1)[C@@H]1C[C@H](F)CN1C. The molecule has 2 aromatic heterocycles. The summed E-state index contributed by atoms with van der Waals surface area (Å²) < 4.78 is 46.9. The maximum atomic E-state index is 14.8. The predicted molar refractivity (Wildman–Crippen MR) is 151 cm³/mol. The Labute approximate surface area is 248 Å². The quantitative estimate of drug-likeness (QED) is 0.363. The molecule has 1 N–H and O–H groups in total. The number of piperidine rings is 1. The average Bonchev–Trinajstić information content (AvgIpc) is 3.56. The van der Waals surface area contributed by atoms with Gasteiger partial charge in [-0.25, -0.2) is 8.78 Å². The Bertz CT molecular complexity index is 1430. The van der Waals surface area contributed by atoms with Gasteiger partial charge >= 0.3 is 0 Å². The number of halogens is 3. The first-order valence-electron chi connectivity index (χ1n) is 14.0. The van der Waals surface area contributed by atoms with Crippen LogP contribution >= 0.6 is 11.6 Å². The van der Waals surface area contributed by atoms with Gasteiger partial charge in [-0.1, -0.05) is 22.8 Å². The van der Waals surface area contributed by atoms with Gasteiger partial charge in [0.1, 0.15) is 24.2 Å². The van der Waals surface area contributed by atoms with E-state index < -0.39 is 17.4 Å². The van der Waals surface area contributed by atoms with E-state index >= 15 is 0 Å². The topological polar surface area (TPSA) is 122 Å². The van der Waals surface area contributed by atoms with Crippen LogP contribution in [-0.2, 0) is 5.41 Å². The van der Waals surface area contributed by atoms with Gasteiger partial charge in [0.2, 0.25) is 29.3 Å². The lowest BCUT2D eigenvalue weighted by molar-refractivity contribution is 0.113. The summed E-state index contributed by atoms with van der Waals surface area (Å²) in [7, 11) is 1.86. The molecule has 2 saturated heterocycles. The number of nitrogens with zero attached hydrogens (tertiary/aromatic N) is 6. The highest BCUT2D eigenvalue weighted by atomic mass is 35.5. The maximum absolute atomic E-state index is 14.8. The summed E-state index contributed by atoms with van der Waals surface area (Å²) in [6, 6.07) is 8.12. The predicted octanol–water partition coefficient (Wildman–Crippen LogP) is 4.87. The lowest BCUT2D eigenvalue weighted by Gasteiger charge is -2.29. The van der Waals surface area contributed by atoms with Crippen molar-refractivity contribution in [1.29, 1.82) is 5.26 Å². The average molecular weight is 602 g/mol. The van der Waals surface area contributed by atoms with Crippen LogP contribution in [0.5, 0.6) is 11.8 Å². The van der Waals surface area contributed by atoms with Crippen molar-refractivity contribution in [2.24, 2.45) is 0 Å². The normalized spacial score (nSPS) is 23.9. The van der Waals surface area contributed by atoms with Crippen molar-refractivity contribution in [3.63, 3.8) is 0 Å². The highest BCUT2D eigenvalue weighted by Gasteiger charge is 2.36. The molecule has 10 nitrogen and oxygen atoms in total. The fourth-order valence-electron chi connectivity index (χ4n) is 5.69. The van der Waals surface area contributed by atoms with E-state index in [0.717, 1.165) is 6.42 Å². The van der Waals surface area contributed by atoms with Crippen LogP contribution in [0.2, 0.25) is 5.02 Å². The Morgan fingerprint density at radius 2 is 2.02 bits per heavy atom. The van der Waals surface area contributed by atoms with Gasteiger partial charge in [-0.15, -0.1) is 0 Å². The molecule has 4 heterocycles. The number of hydrogen-bond acceptors (Lipinski definition) is 10. The molecule has 2 aliphatic rings. The molecule has 0 aliphatic carbocycles. The summed E-state index contributed by atoms with van der Waals surface area (Å²) in [5.74, 6) is 0.232. The minimum absolute atomic E-state index is 0.0181. The van der Waals surface area contributed by atoms with Crippen molar-refractivity contribution in [2.45, 2.75) is 82.3 Å². The molecule has 2 fully saturated rings. The summed E-state index contributed by atoms with van der Waals surface area (Å²) in [4.78, 5) is 15.5. The van der Waals surface area contributed by atoms with Gasteiger partial charge < -0.3 is 19.3 Å². The van der Waals surface area contributed by atoms with E-state index in [0.29, 0.717) is 32.4 Å². The van der Waals surface area contributed by atoms with Crippen LogP contribution in [0.4, 0.5) is 8.78 Å². The fraction of sp³-hybridized carbons (Fsp3) is 0.552. The van der Waals surface area contributed by atoms with Crippen LogP contribution < -0.4 is 14.8 Å². The molecule has 0 unspecified atom stereocenters. The molecule has 5 rings (SSSR count). The molecule has 3 aromatic rings. The Kier molecular flexibility index (Phi) is 8.92. The number of ether oxygens (including phenoxy) is 2. The Balaban J connectivity index is 1.45. The molecule has 0 radical (unpaired) electrons. The van der Waals surface area contributed by atoms with Crippen LogP contribution in [0.1, 0.15) is 57.9 Å². The van der Waals surface area contributed by atoms with Gasteiger partial charge in [-0.05, 0) is 59.3 Å². The van der Waals surface area contributed by atoms with E-state index in [2.05, 4.69) is 31.5 Å². The molecule has 224 valence electrons. The minimum Gasteiger partial charge on any atom is -0.474 e. The number of hydrogen-bond donors (Lipinski definition) is 1. The van der Waals surface area contributed by atoms with Crippen molar-refractivity contribution in [1.82, 2.24) is 30.3 Å². The molecular weight excluding hydrogens is 568 g/mol. The van der Waals surface area contributed by atoms with Crippen LogP contribution in [-0.4, -0.2) is 75.6 Å². The second-order valence-electron chi connectivity index (χ2n) is 11.5. The van der Waals surface area contributed by atoms with E-state index in [1.807, 2.05) is 18.9 Å². The van der Waals surface area contributed by atoms with Gasteiger partial charge in [-0.3, -0.25) is 4.90 Å². The molecule has 0 saturated carbocycles. The second-order valence-corrected chi connectivity index (χ2v) is 11.9. The van der Waals surface area contributed by atoms with Crippen molar-refractivity contribution in [3.8, 4) is 29.5 Å². The Hall–Kier alpha value is -3.40. The zero-order valence-electron chi connectivity index (χ0n) is 24.0. The highest BCUT2D eigenvalue weighted by Crippen LogP contribution is 2.37.